The summed E-state index contributed by atoms with van der Waals surface area (Å²) in [6, 6.07) is 8.46. The molecule has 2 aromatic rings. The van der Waals surface area contributed by atoms with Crippen LogP contribution < -0.4 is 10.2 Å². The van der Waals surface area contributed by atoms with Gasteiger partial charge in [-0.2, -0.15) is 10.1 Å². The predicted molar refractivity (Wildman–Crippen MR) is 88.9 cm³/mol. The molecule has 116 valence electrons. The summed E-state index contributed by atoms with van der Waals surface area (Å²) in [5, 5.41) is 11.4. The van der Waals surface area contributed by atoms with Crippen molar-refractivity contribution >= 4 is 11.8 Å². The largest absolute Gasteiger partial charge is 0.355 e. The molecule has 1 atom stereocenters. The van der Waals surface area contributed by atoms with Gasteiger partial charge in [0.25, 0.3) is 0 Å². The highest BCUT2D eigenvalue weighted by molar-refractivity contribution is 5.41. The van der Waals surface area contributed by atoms with E-state index in [9.17, 15) is 0 Å². The fourth-order valence-corrected chi connectivity index (χ4v) is 2.81. The van der Waals surface area contributed by atoms with Gasteiger partial charge in [-0.25, -0.2) is 0 Å². The van der Waals surface area contributed by atoms with E-state index >= 15 is 0 Å². The van der Waals surface area contributed by atoms with E-state index in [2.05, 4.69) is 63.5 Å². The van der Waals surface area contributed by atoms with Crippen LogP contribution in [-0.4, -0.2) is 28.3 Å². The first-order valence-electron chi connectivity index (χ1n) is 7.95. The van der Waals surface area contributed by atoms with Crippen molar-refractivity contribution in [1.29, 1.82) is 0 Å². The molecule has 0 amide bonds. The number of anilines is 2. The summed E-state index contributed by atoms with van der Waals surface area (Å²) in [6.07, 6.45) is 4.28. The molecule has 1 aromatic heterocycles. The van der Waals surface area contributed by atoms with Crippen molar-refractivity contribution in [1.82, 2.24) is 15.2 Å². The average Bonchev–Trinajstić information content (AvgIpc) is 2.55. The smallest absolute Gasteiger partial charge is 0.244 e. The Morgan fingerprint density at radius 2 is 2.09 bits per heavy atom. The van der Waals surface area contributed by atoms with E-state index < -0.39 is 0 Å². The SMILES string of the molecule is Cc1ccc(CNc2nncc(N3CCCC(C)C3)n2)cc1. The van der Waals surface area contributed by atoms with Crippen LogP contribution in [0.2, 0.25) is 0 Å². The minimum atomic E-state index is 0.594. The normalized spacial score (nSPS) is 18.3. The molecular formula is C17H23N5. The van der Waals surface area contributed by atoms with Crippen molar-refractivity contribution in [3.8, 4) is 0 Å². The summed E-state index contributed by atoms with van der Waals surface area (Å²) in [7, 11) is 0. The molecule has 0 spiro atoms. The van der Waals surface area contributed by atoms with Crippen molar-refractivity contribution in [3.63, 3.8) is 0 Å². The van der Waals surface area contributed by atoms with Crippen molar-refractivity contribution < 1.29 is 0 Å². The quantitative estimate of drug-likeness (QED) is 0.940. The number of nitrogens with one attached hydrogen (secondary N) is 1. The molecule has 1 aliphatic heterocycles. The molecule has 5 heteroatoms. The van der Waals surface area contributed by atoms with Crippen LogP contribution in [0.1, 0.15) is 30.9 Å². The summed E-state index contributed by atoms with van der Waals surface area (Å²) in [5.41, 5.74) is 2.48. The highest BCUT2D eigenvalue weighted by atomic mass is 15.3. The molecule has 1 unspecified atom stereocenters. The maximum absolute atomic E-state index is 4.60. The Bertz CT molecular complexity index is 611. The molecule has 1 saturated heterocycles. The van der Waals surface area contributed by atoms with Gasteiger partial charge in [0.05, 0.1) is 6.20 Å². The second-order valence-corrected chi connectivity index (χ2v) is 6.17. The number of aromatic nitrogens is 3. The fraction of sp³-hybridized carbons (Fsp3) is 0.471. The summed E-state index contributed by atoms with van der Waals surface area (Å²) in [6.45, 7) is 7.20. The van der Waals surface area contributed by atoms with Gasteiger partial charge in [-0.3, -0.25) is 0 Å². The van der Waals surface area contributed by atoms with Gasteiger partial charge in [0.1, 0.15) is 0 Å². The van der Waals surface area contributed by atoms with Gasteiger partial charge >= 0.3 is 0 Å². The number of nitrogens with zero attached hydrogens (tertiary/aromatic N) is 4. The minimum absolute atomic E-state index is 0.594. The molecule has 0 aliphatic carbocycles. The number of benzene rings is 1. The first-order valence-corrected chi connectivity index (χ1v) is 7.95. The number of piperidine rings is 1. The van der Waals surface area contributed by atoms with Gasteiger partial charge in [-0.15, -0.1) is 5.10 Å². The topological polar surface area (TPSA) is 53.9 Å². The standard InChI is InChI=1S/C17H23N5/c1-13-5-7-15(8-6-13)10-18-17-20-16(11-19-21-17)22-9-3-4-14(2)12-22/h5-8,11,14H,3-4,9-10,12H2,1-2H3,(H,18,20,21). The summed E-state index contributed by atoms with van der Waals surface area (Å²) < 4.78 is 0. The van der Waals surface area contributed by atoms with Gasteiger partial charge in [0, 0.05) is 19.6 Å². The van der Waals surface area contributed by atoms with Crippen molar-refractivity contribution in [2.24, 2.45) is 5.92 Å². The Kier molecular flexibility index (Phi) is 4.51. The van der Waals surface area contributed by atoms with E-state index in [1.165, 1.54) is 24.0 Å². The molecule has 5 nitrogen and oxygen atoms in total. The molecule has 3 rings (SSSR count). The highest BCUT2D eigenvalue weighted by Crippen LogP contribution is 2.21. The van der Waals surface area contributed by atoms with Crippen LogP contribution in [0.4, 0.5) is 11.8 Å². The van der Waals surface area contributed by atoms with Crippen molar-refractivity contribution in [2.45, 2.75) is 33.2 Å². The lowest BCUT2D eigenvalue weighted by molar-refractivity contribution is 0.444. The molecule has 0 radical (unpaired) electrons. The molecule has 1 aliphatic rings. The lowest BCUT2D eigenvalue weighted by Crippen LogP contribution is -2.35. The van der Waals surface area contributed by atoms with E-state index in [1.807, 2.05) is 0 Å². The number of hydrogen-bond donors (Lipinski definition) is 1. The Balaban J connectivity index is 1.64. The van der Waals surface area contributed by atoms with Crippen LogP contribution in [-0.2, 0) is 6.54 Å². The molecule has 22 heavy (non-hydrogen) atoms. The zero-order valence-electron chi connectivity index (χ0n) is 13.3. The maximum Gasteiger partial charge on any atom is 0.244 e. The third-order valence-electron chi connectivity index (χ3n) is 4.10. The second-order valence-electron chi connectivity index (χ2n) is 6.17. The van der Waals surface area contributed by atoms with E-state index in [0.717, 1.165) is 18.9 Å². The van der Waals surface area contributed by atoms with Gasteiger partial charge in [-0.05, 0) is 31.2 Å². The van der Waals surface area contributed by atoms with E-state index in [1.54, 1.807) is 6.20 Å². The van der Waals surface area contributed by atoms with Crippen LogP contribution in [0, 0.1) is 12.8 Å². The summed E-state index contributed by atoms with van der Waals surface area (Å²) in [4.78, 5) is 6.91. The van der Waals surface area contributed by atoms with Crippen LogP contribution in [0.15, 0.2) is 30.5 Å². The number of hydrogen-bond acceptors (Lipinski definition) is 5. The third kappa shape index (κ3) is 3.72. The van der Waals surface area contributed by atoms with Crippen LogP contribution >= 0.6 is 0 Å². The van der Waals surface area contributed by atoms with Gasteiger partial charge < -0.3 is 10.2 Å². The molecule has 1 fully saturated rings. The molecule has 0 saturated carbocycles. The Morgan fingerprint density at radius 3 is 2.86 bits per heavy atom. The summed E-state index contributed by atoms with van der Waals surface area (Å²) >= 11 is 0. The maximum atomic E-state index is 4.60. The molecule has 0 bridgehead atoms. The first kappa shape index (κ1) is 14.8. The monoisotopic (exact) mass is 297 g/mol. The van der Waals surface area contributed by atoms with E-state index in [-0.39, 0.29) is 0 Å². The predicted octanol–water partition coefficient (Wildman–Crippen LogP) is 3.03. The Labute approximate surface area is 131 Å². The van der Waals surface area contributed by atoms with Crippen molar-refractivity contribution in [3.05, 3.63) is 41.6 Å². The van der Waals surface area contributed by atoms with E-state index in [0.29, 0.717) is 18.4 Å². The average molecular weight is 297 g/mol. The van der Waals surface area contributed by atoms with Gasteiger partial charge in [0.2, 0.25) is 5.95 Å². The number of aryl methyl sites for hydroxylation is 1. The minimum Gasteiger partial charge on any atom is -0.355 e. The van der Waals surface area contributed by atoms with Gasteiger partial charge in [-0.1, -0.05) is 36.8 Å². The van der Waals surface area contributed by atoms with Crippen molar-refractivity contribution in [2.75, 3.05) is 23.3 Å². The molecular weight excluding hydrogens is 274 g/mol. The zero-order chi connectivity index (χ0) is 15.4. The second kappa shape index (κ2) is 6.73. The Morgan fingerprint density at radius 1 is 1.27 bits per heavy atom. The fourth-order valence-electron chi connectivity index (χ4n) is 2.81. The van der Waals surface area contributed by atoms with Crippen LogP contribution in [0.3, 0.4) is 0 Å². The lowest BCUT2D eigenvalue weighted by atomic mass is 10.0. The van der Waals surface area contributed by atoms with E-state index in [4.69, 9.17) is 0 Å². The highest BCUT2D eigenvalue weighted by Gasteiger charge is 2.18. The number of rotatable bonds is 4. The van der Waals surface area contributed by atoms with Gasteiger partial charge in [0.15, 0.2) is 5.82 Å². The molecule has 2 heterocycles. The zero-order valence-corrected chi connectivity index (χ0v) is 13.3. The summed E-state index contributed by atoms with van der Waals surface area (Å²) in [5.74, 6) is 2.23. The lowest BCUT2D eigenvalue weighted by Gasteiger charge is -2.31. The third-order valence-corrected chi connectivity index (χ3v) is 4.10. The molecule has 1 N–H and O–H groups in total. The van der Waals surface area contributed by atoms with Crippen LogP contribution in [0.25, 0.3) is 0 Å². The Hall–Kier alpha value is -2.17. The molecule has 1 aromatic carbocycles. The first-order chi connectivity index (χ1) is 10.7. The van der Waals surface area contributed by atoms with Crippen LogP contribution in [0.5, 0.6) is 0 Å².